The molecule has 2 atom stereocenters. The van der Waals surface area contributed by atoms with E-state index in [0.29, 0.717) is 6.61 Å². The third-order valence-electron chi connectivity index (χ3n) is 2.17. The molecule has 70 valence electrons. The van der Waals surface area contributed by atoms with Crippen LogP contribution in [-0.4, -0.2) is 31.7 Å². The molecule has 0 aromatic carbocycles. The summed E-state index contributed by atoms with van der Waals surface area (Å²) in [6, 6.07) is -0.444. The number of ether oxygens (including phenoxy) is 1. The molecule has 1 aliphatic rings. The van der Waals surface area contributed by atoms with Gasteiger partial charge in [-0.05, 0) is 25.8 Å². The Balaban J connectivity index is 2.34. The summed E-state index contributed by atoms with van der Waals surface area (Å²) in [5.41, 5.74) is 5.69. The highest BCUT2D eigenvalue weighted by molar-refractivity contribution is 5.75. The van der Waals surface area contributed by atoms with Crippen LogP contribution in [0.1, 0.15) is 13.3 Å². The Morgan fingerprint density at radius 1 is 1.83 bits per heavy atom. The molecule has 0 aromatic heterocycles. The van der Waals surface area contributed by atoms with Crippen molar-refractivity contribution in [3.63, 3.8) is 0 Å². The average Bonchev–Trinajstić information content (AvgIpc) is 2.55. The molecule has 0 aromatic rings. The number of rotatable bonds is 3. The summed E-state index contributed by atoms with van der Waals surface area (Å²) < 4.78 is 4.82. The lowest BCUT2D eigenvalue weighted by molar-refractivity contribution is -0.145. The summed E-state index contributed by atoms with van der Waals surface area (Å²) in [5, 5.41) is 3.16. The van der Waals surface area contributed by atoms with Crippen LogP contribution in [0.3, 0.4) is 0 Å². The van der Waals surface area contributed by atoms with Crippen molar-refractivity contribution >= 4 is 5.97 Å². The van der Waals surface area contributed by atoms with Crippen molar-refractivity contribution in [1.29, 1.82) is 0 Å². The van der Waals surface area contributed by atoms with Crippen LogP contribution < -0.4 is 11.1 Å². The van der Waals surface area contributed by atoms with E-state index in [1.165, 1.54) is 0 Å². The van der Waals surface area contributed by atoms with Gasteiger partial charge in [0.1, 0.15) is 6.04 Å². The largest absolute Gasteiger partial charge is 0.465 e. The molecule has 1 aliphatic heterocycles. The van der Waals surface area contributed by atoms with Crippen LogP contribution >= 0.6 is 0 Å². The maximum atomic E-state index is 11.2. The van der Waals surface area contributed by atoms with Gasteiger partial charge in [-0.25, -0.2) is 0 Å². The van der Waals surface area contributed by atoms with E-state index in [4.69, 9.17) is 10.5 Å². The quantitative estimate of drug-likeness (QED) is 0.563. The first-order chi connectivity index (χ1) is 5.75. The molecule has 0 bridgehead atoms. The number of carbonyl (C=O) groups excluding carboxylic acids is 1. The summed E-state index contributed by atoms with van der Waals surface area (Å²) in [6.45, 7) is 3.99. The highest BCUT2D eigenvalue weighted by atomic mass is 16.5. The average molecular weight is 172 g/mol. The molecule has 1 heterocycles. The van der Waals surface area contributed by atoms with Gasteiger partial charge in [0.15, 0.2) is 0 Å². The van der Waals surface area contributed by atoms with E-state index in [9.17, 15) is 4.79 Å². The molecule has 0 spiro atoms. The topological polar surface area (TPSA) is 64.3 Å². The van der Waals surface area contributed by atoms with Gasteiger partial charge in [-0.15, -0.1) is 0 Å². The van der Waals surface area contributed by atoms with Crippen LogP contribution in [0.4, 0.5) is 0 Å². The number of carbonyl (C=O) groups is 1. The van der Waals surface area contributed by atoms with Crippen molar-refractivity contribution < 1.29 is 9.53 Å². The smallest absolute Gasteiger partial charge is 0.323 e. The monoisotopic (exact) mass is 172 g/mol. The fraction of sp³-hybridized carbons (Fsp3) is 0.875. The third-order valence-corrected chi connectivity index (χ3v) is 2.17. The van der Waals surface area contributed by atoms with E-state index in [-0.39, 0.29) is 11.9 Å². The van der Waals surface area contributed by atoms with E-state index in [2.05, 4.69) is 5.32 Å². The predicted octanol–water partition coefficient (Wildman–Crippen LogP) is -0.514. The normalized spacial score (nSPS) is 25.3. The van der Waals surface area contributed by atoms with Crippen LogP contribution in [-0.2, 0) is 9.53 Å². The van der Waals surface area contributed by atoms with Gasteiger partial charge in [0.05, 0.1) is 6.61 Å². The second-order valence-electron chi connectivity index (χ2n) is 3.03. The summed E-state index contributed by atoms with van der Waals surface area (Å²) >= 11 is 0. The lowest BCUT2D eigenvalue weighted by atomic mass is 10.0. The van der Waals surface area contributed by atoms with Crippen molar-refractivity contribution in [2.45, 2.75) is 19.4 Å². The molecule has 3 N–H and O–H groups in total. The molecule has 0 amide bonds. The molecule has 12 heavy (non-hydrogen) atoms. The van der Waals surface area contributed by atoms with Crippen LogP contribution in [0, 0.1) is 5.92 Å². The molecule has 0 aliphatic carbocycles. The van der Waals surface area contributed by atoms with Crippen LogP contribution in [0.5, 0.6) is 0 Å². The molecule has 0 radical (unpaired) electrons. The molecule has 2 unspecified atom stereocenters. The summed E-state index contributed by atoms with van der Waals surface area (Å²) in [7, 11) is 0. The number of nitrogens with two attached hydrogens (primary N) is 1. The standard InChI is InChI=1S/C8H16N2O2/c1-2-12-8(11)7(9)6-3-4-10-5-6/h6-7,10H,2-5,9H2,1H3. The van der Waals surface area contributed by atoms with Crippen molar-refractivity contribution in [2.75, 3.05) is 19.7 Å². The fourth-order valence-corrected chi connectivity index (χ4v) is 1.41. The Hall–Kier alpha value is -0.610. The molecule has 4 nitrogen and oxygen atoms in total. The van der Waals surface area contributed by atoms with Crippen molar-refractivity contribution in [3.8, 4) is 0 Å². The van der Waals surface area contributed by atoms with E-state index < -0.39 is 6.04 Å². The van der Waals surface area contributed by atoms with Crippen molar-refractivity contribution in [2.24, 2.45) is 11.7 Å². The first-order valence-electron chi connectivity index (χ1n) is 4.38. The molecule has 4 heteroatoms. The van der Waals surface area contributed by atoms with Gasteiger partial charge in [0, 0.05) is 6.54 Å². The molecular formula is C8H16N2O2. The minimum absolute atomic E-state index is 0.254. The Labute approximate surface area is 72.5 Å². The number of nitrogens with one attached hydrogen (secondary N) is 1. The second kappa shape index (κ2) is 4.42. The van der Waals surface area contributed by atoms with Gasteiger partial charge >= 0.3 is 5.97 Å². The Morgan fingerprint density at radius 2 is 2.58 bits per heavy atom. The van der Waals surface area contributed by atoms with E-state index in [1.54, 1.807) is 6.92 Å². The van der Waals surface area contributed by atoms with Crippen molar-refractivity contribution in [1.82, 2.24) is 5.32 Å². The fourth-order valence-electron chi connectivity index (χ4n) is 1.41. The van der Waals surface area contributed by atoms with Crippen LogP contribution in [0.15, 0.2) is 0 Å². The zero-order valence-corrected chi connectivity index (χ0v) is 7.38. The Bertz CT molecular complexity index is 155. The Kier molecular flexibility index (Phi) is 3.49. The highest BCUT2D eigenvalue weighted by Gasteiger charge is 2.27. The molecular weight excluding hydrogens is 156 g/mol. The van der Waals surface area contributed by atoms with E-state index in [1.807, 2.05) is 0 Å². The van der Waals surface area contributed by atoms with Gasteiger partial charge in [-0.1, -0.05) is 0 Å². The number of esters is 1. The first-order valence-corrected chi connectivity index (χ1v) is 4.38. The minimum Gasteiger partial charge on any atom is -0.465 e. The van der Waals surface area contributed by atoms with Gasteiger partial charge < -0.3 is 15.8 Å². The summed E-state index contributed by atoms with van der Waals surface area (Å²) in [4.78, 5) is 11.2. The zero-order chi connectivity index (χ0) is 8.97. The predicted molar refractivity (Wildman–Crippen MR) is 45.6 cm³/mol. The SMILES string of the molecule is CCOC(=O)C(N)C1CCNC1. The minimum atomic E-state index is -0.444. The maximum Gasteiger partial charge on any atom is 0.323 e. The summed E-state index contributed by atoms with van der Waals surface area (Å²) in [6.07, 6.45) is 0.972. The molecule has 1 rings (SSSR count). The highest BCUT2D eigenvalue weighted by Crippen LogP contribution is 2.11. The van der Waals surface area contributed by atoms with E-state index in [0.717, 1.165) is 19.5 Å². The summed E-state index contributed by atoms with van der Waals surface area (Å²) in [5.74, 6) is -0.0183. The lowest BCUT2D eigenvalue weighted by Crippen LogP contribution is -2.40. The van der Waals surface area contributed by atoms with Gasteiger partial charge in [-0.3, -0.25) is 4.79 Å². The van der Waals surface area contributed by atoms with Crippen LogP contribution in [0.25, 0.3) is 0 Å². The van der Waals surface area contributed by atoms with E-state index >= 15 is 0 Å². The van der Waals surface area contributed by atoms with Gasteiger partial charge in [0.2, 0.25) is 0 Å². The van der Waals surface area contributed by atoms with Crippen LogP contribution in [0.2, 0.25) is 0 Å². The first kappa shape index (κ1) is 9.48. The van der Waals surface area contributed by atoms with Gasteiger partial charge in [0.25, 0.3) is 0 Å². The maximum absolute atomic E-state index is 11.2. The number of hydrogen-bond acceptors (Lipinski definition) is 4. The zero-order valence-electron chi connectivity index (χ0n) is 7.38. The molecule has 0 saturated carbocycles. The second-order valence-corrected chi connectivity index (χ2v) is 3.03. The number of hydrogen-bond donors (Lipinski definition) is 2. The Morgan fingerprint density at radius 3 is 3.08 bits per heavy atom. The molecule has 1 saturated heterocycles. The van der Waals surface area contributed by atoms with Gasteiger partial charge in [-0.2, -0.15) is 0 Å². The molecule has 1 fully saturated rings. The van der Waals surface area contributed by atoms with Crippen molar-refractivity contribution in [3.05, 3.63) is 0 Å². The third kappa shape index (κ3) is 2.19. The lowest BCUT2D eigenvalue weighted by Gasteiger charge is -2.15.